The third-order valence-electron chi connectivity index (χ3n) is 2.22. The number of benzene rings is 1. The molecule has 0 bridgehead atoms. The van der Waals surface area contributed by atoms with Crippen LogP contribution in [-0.2, 0) is 11.1 Å². The Bertz CT molecular complexity index is 786. The van der Waals surface area contributed by atoms with E-state index < -0.39 is 32.3 Å². The van der Waals surface area contributed by atoms with Crippen LogP contribution in [0, 0.1) is 4.91 Å². The fourth-order valence-corrected chi connectivity index (χ4v) is 1.74. The molecule has 0 aliphatic carbocycles. The second-order valence-corrected chi connectivity index (χ2v) is 4.19. The normalized spacial score (nSPS) is 12.5. The average Bonchev–Trinajstić information content (AvgIpc) is 2.54. The second-order valence-electron chi connectivity index (χ2n) is 3.25. The van der Waals surface area contributed by atoms with Crippen molar-refractivity contribution in [2.24, 2.45) is 0 Å². The molecule has 8 nitrogen and oxygen atoms in total. The van der Waals surface area contributed by atoms with E-state index >= 15 is 0 Å². The summed E-state index contributed by atoms with van der Waals surface area (Å²) in [6, 6.07) is 4.56. The zero-order valence-corrected chi connectivity index (χ0v) is 9.38. The Morgan fingerprint density at radius 3 is 2.06 bits per heavy atom. The van der Waals surface area contributed by atoms with Crippen LogP contribution in [0.4, 0.5) is 0 Å². The van der Waals surface area contributed by atoms with Gasteiger partial charge in [0.1, 0.15) is 10.1 Å². The van der Waals surface area contributed by atoms with Crippen LogP contribution in [0.3, 0.4) is 0 Å². The lowest BCUT2D eigenvalue weighted by Gasteiger charge is -2.03. The molecule has 0 N–H and O–H groups in total. The van der Waals surface area contributed by atoms with Gasteiger partial charge in [-0.05, 0) is 35.3 Å². The lowest BCUT2D eigenvalue weighted by Crippen LogP contribution is -2.46. The highest BCUT2D eigenvalue weighted by Crippen LogP contribution is 2.08. The topological polar surface area (TPSA) is 119 Å². The first-order valence-electron chi connectivity index (χ1n) is 4.52. The minimum absolute atomic E-state index is 0.0501. The van der Waals surface area contributed by atoms with E-state index in [1.807, 2.05) is 0 Å². The molecule has 0 spiro atoms. The summed E-state index contributed by atoms with van der Waals surface area (Å²) in [7, 11) is 0. The molecule has 1 heterocycles. The van der Waals surface area contributed by atoms with Gasteiger partial charge in [0.15, 0.2) is 0 Å². The molecule has 0 aliphatic rings. The maximum absolute atomic E-state index is 11.3. The molecule has 0 fully saturated rings. The fourth-order valence-electron chi connectivity index (χ4n) is 1.38. The molecule has 2 aromatic rings. The van der Waals surface area contributed by atoms with Gasteiger partial charge in [-0.15, -0.1) is 4.57 Å². The Kier molecular flexibility index (Phi) is 2.85. The van der Waals surface area contributed by atoms with E-state index in [1.54, 1.807) is 0 Å². The Morgan fingerprint density at radius 2 is 1.67 bits per heavy atom. The minimum atomic E-state index is -2.45. The second kappa shape index (κ2) is 4.20. The van der Waals surface area contributed by atoms with Gasteiger partial charge in [-0.25, -0.2) is 9.59 Å². The molecule has 92 valence electrons. The largest absolute Gasteiger partial charge is 0.768 e. The van der Waals surface area contributed by atoms with Crippen LogP contribution < -0.4 is 21.2 Å². The highest BCUT2D eigenvalue weighted by molar-refractivity contribution is 7.79. The number of imidazole rings is 1. The molecule has 0 amide bonds. The number of hydrogen-bond donors (Lipinski definition) is 0. The average molecular weight is 268 g/mol. The predicted molar refractivity (Wildman–Crippen MR) is 57.5 cm³/mol. The standard InChI is InChI=1S/C9H4N2O6S/c12-7-8(13)11(15)9(14)10(7)5-1-3-6(4-2-5)18(16)17/h1-4H. The van der Waals surface area contributed by atoms with Crippen LogP contribution in [0.25, 0.3) is 5.69 Å². The predicted octanol–water partition coefficient (Wildman–Crippen LogP) is -2.41. The van der Waals surface area contributed by atoms with E-state index in [2.05, 4.69) is 0 Å². The number of rotatable bonds is 2. The van der Waals surface area contributed by atoms with E-state index in [4.69, 9.17) is 0 Å². The van der Waals surface area contributed by atoms with Crippen LogP contribution in [-0.4, -0.2) is 13.3 Å². The molecule has 1 atom stereocenters. The Hall–Kier alpha value is -2.26. The Labute approximate surface area is 100 Å². The van der Waals surface area contributed by atoms with E-state index in [9.17, 15) is 28.1 Å². The zero-order chi connectivity index (χ0) is 13.4. The minimum Gasteiger partial charge on any atom is -0.768 e. The number of aromatic nitrogens is 2. The van der Waals surface area contributed by atoms with Crippen LogP contribution in [0.1, 0.15) is 0 Å². The molecule has 0 saturated carbocycles. The van der Waals surface area contributed by atoms with Crippen LogP contribution in [0.5, 0.6) is 0 Å². The summed E-state index contributed by atoms with van der Waals surface area (Å²) in [6.07, 6.45) is 0. The van der Waals surface area contributed by atoms with Gasteiger partial charge in [0.25, 0.3) is 0 Å². The molecular formula is C9H4N2O6S. The molecule has 9 heteroatoms. The van der Waals surface area contributed by atoms with E-state index in [0.717, 1.165) is 24.3 Å². The lowest BCUT2D eigenvalue weighted by molar-refractivity contribution is -0.527. The van der Waals surface area contributed by atoms with Gasteiger partial charge in [-0.1, -0.05) is 4.91 Å². The van der Waals surface area contributed by atoms with Gasteiger partial charge < -0.3 is 4.55 Å². The van der Waals surface area contributed by atoms with Gasteiger partial charge in [0.05, 0.1) is 0 Å². The van der Waals surface area contributed by atoms with Crippen molar-refractivity contribution < 1.29 is 13.2 Å². The maximum atomic E-state index is 11.3. The zero-order valence-electron chi connectivity index (χ0n) is 8.56. The summed E-state index contributed by atoms with van der Waals surface area (Å²) < 4.78 is 21.0. The van der Waals surface area contributed by atoms with Crippen LogP contribution in [0.15, 0.2) is 43.5 Å². The summed E-state index contributed by atoms with van der Waals surface area (Å²) in [5.41, 5.74) is -4.12. The molecule has 0 saturated heterocycles. The van der Waals surface area contributed by atoms with Crippen molar-refractivity contribution in [1.29, 1.82) is 0 Å². The van der Waals surface area contributed by atoms with E-state index in [0.29, 0.717) is 4.57 Å². The number of nitrogens with zero attached hydrogens (tertiary/aromatic N) is 2. The smallest absolute Gasteiger partial charge is 0.554 e. The highest BCUT2D eigenvalue weighted by atomic mass is 32.2. The summed E-state index contributed by atoms with van der Waals surface area (Å²) in [6.45, 7) is 0. The van der Waals surface area contributed by atoms with Crippen molar-refractivity contribution in [3.8, 4) is 5.69 Å². The summed E-state index contributed by atoms with van der Waals surface area (Å²) in [4.78, 5) is 44.5. The lowest BCUT2D eigenvalue weighted by atomic mass is 10.3. The van der Waals surface area contributed by atoms with Crippen molar-refractivity contribution in [2.45, 2.75) is 4.90 Å². The first kappa shape index (κ1) is 12.2. The first-order chi connectivity index (χ1) is 8.43. The van der Waals surface area contributed by atoms with E-state index in [1.165, 1.54) is 0 Å². The van der Waals surface area contributed by atoms with E-state index in [-0.39, 0.29) is 10.6 Å². The SMILES string of the molecule is O=c1c(=O)[n+](=O)c(=O)n1-c1ccc(S(=O)[O-])cc1. The summed E-state index contributed by atoms with van der Waals surface area (Å²) in [5.74, 6) is 0. The fraction of sp³-hybridized carbons (Fsp3) is 0. The van der Waals surface area contributed by atoms with Gasteiger partial charge in [-0.3, -0.25) is 4.21 Å². The van der Waals surface area contributed by atoms with Crippen molar-refractivity contribution in [3.05, 3.63) is 60.4 Å². The Morgan fingerprint density at radius 1 is 1.11 bits per heavy atom. The quantitative estimate of drug-likeness (QED) is 0.340. The van der Waals surface area contributed by atoms with Gasteiger partial charge >= 0.3 is 16.8 Å². The number of hydrogen-bond acceptors (Lipinski definition) is 6. The van der Waals surface area contributed by atoms with Crippen LogP contribution >= 0.6 is 0 Å². The van der Waals surface area contributed by atoms with Crippen molar-refractivity contribution in [1.82, 2.24) is 4.57 Å². The molecule has 1 aromatic heterocycles. The van der Waals surface area contributed by atoms with Gasteiger partial charge in [0.2, 0.25) is 0 Å². The van der Waals surface area contributed by atoms with Crippen molar-refractivity contribution in [2.75, 3.05) is 0 Å². The third kappa shape index (κ3) is 1.75. The maximum Gasteiger partial charge on any atom is 0.554 e. The van der Waals surface area contributed by atoms with Crippen molar-refractivity contribution >= 4 is 11.1 Å². The summed E-state index contributed by atoms with van der Waals surface area (Å²) in [5, 5.41) is 0. The highest BCUT2D eigenvalue weighted by Gasteiger charge is 2.25. The molecule has 18 heavy (non-hydrogen) atoms. The summed E-state index contributed by atoms with van der Waals surface area (Å²) >= 11 is -2.45. The molecule has 2 rings (SSSR count). The molecule has 0 aliphatic heterocycles. The third-order valence-corrected chi connectivity index (χ3v) is 2.88. The van der Waals surface area contributed by atoms with Gasteiger partial charge in [0, 0.05) is 4.90 Å². The first-order valence-corrected chi connectivity index (χ1v) is 5.60. The molecular weight excluding hydrogens is 264 g/mol. The van der Waals surface area contributed by atoms with Crippen LogP contribution in [0.2, 0.25) is 0 Å². The van der Waals surface area contributed by atoms with Crippen molar-refractivity contribution in [3.63, 3.8) is 0 Å². The monoisotopic (exact) mass is 268 g/mol. The molecule has 1 aromatic carbocycles. The molecule has 1 unspecified atom stereocenters. The Balaban J connectivity index is 2.71. The molecule has 0 radical (unpaired) electrons. The van der Waals surface area contributed by atoms with Gasteiger partial charge in [-0.2, -0.15) is 4.79 Å².